The number of nitrogens with zero attached hydrogens (tertiary/aromatic N) is 3. The molecule has 0 fully saturated rings. The predicted octanol–water partition coefficient (Wildman–Crippen LogP) is 3.10. The Balaban J connectivity index is 1.94. The number of para-hydroxylation sites is 1. The highest BCUT2D eigenvalue weighted by Gasteiger charge is 2.30. The number of nitrogen functional groups attached to an aromatic ring is 1. The van der Waals surface area contributed by atoms with Crippen molar-refractivity contribution < 1.29 is 18.0 Å². The Morgan fingerprint density at radius 3 is 2.54 bits per heavy atom. The average Bonchev–Trinajstić information content (AvgIpc) is 3.04. The highest BCUT2D eigenvalue weighted by molar-refractivity contribution is 6.10. The first-order valence-corrected chi connectivity index (χ1v) is 6.85. The molecule has 0 aliphatic heterocycles. The van der Waals surface area contributed by atoms with Gasteiger partial charge in [0.15, 0.2) is 5.69 Å². The van der Waals surface area contributed by atoms with Crippen molar-refractivity contribution in [2.45, 2.75) is 6.18 Å². The smallest absolute Gasteiger partial charge is 0.398 e. The lowest BCUT2D eigenvalue weighted by Crippen LogP contribution is -2.06. The Labute approximate surface area is 134 Å². The van der Waals surface area contributed by atoms with Crippen LogP contribution in [-0.4, -0.2) is 20.8 Å². The second kappa shape index (κ2) is 5.80. The van der Waals surface area contributed by atoms with E-state index in [1.165, 1.54) is 18.3 Å². The Hall–Kier alpha value is -3.16. The zero-order chi connectivity index (χ0) is 17.3. The van der Waals surface area contributed by atoms with Gasteiger partial charge in [-0.2, -0.15) is 13.2 Å². The number of hydrogen-bond acceptors (Lipinski definition) is 4. The van der Waals surface area contributed by atoms with E-state index in [0.29, 0.717) is 0 Å². The fraction of sp³-hybridized carbons (Fsp3) is 0.0625. The van der Waals surface area contributed by atoms with E-state index in [1.54, 1.807) is 24.3 Å². The van der Waals surface area contributed by atoms with Crippen LogP contribution < -0.4 is 5.73 Å². The third kappa shape index (κ3) is 2.98. The summed E-state index contributed by atoms with van der Waals surface area (Å²) in [4.78, 5) is 12.4. The van der Waals surface area contributed by atoms with Crippen LogP contribution in [0.1, 0.15) is 21.6 Å². The third-order valence-corrected chi connectivity index (χ3v) is 3.37. The fourth-order valence-electron chi connectivity index (χ4n) is 2.16. The van der Waals surface area contributed by atoms with Gasteiger partial charge in [0.05, 0.1) is 17.4 Å². The van der Waals surface area contributed by atoms with E-state index >= 15 is 0 Å². The van der Waals surface area contributed by atoms with E-state index in [0.717, 1.165) is 16.8 Å². The first-order chi connectivity index (χ1) is 11.4. The number of carbonyl (C=O) groups is 1. The molecule has 2 aromatic carbocycles. The van der Waals surface area contributed by atoms with Gasteiger partial charge in [-0.25, -0.2) is 4.68 Å². The standard InChI is InChI=1S/C16H11F3N4O/c17-16(18,19)10-4-3-5-11(8-10)23-9-14(21-22-23)15(24)12-6-1-2-7-13(12)20/h1-9H,20H2. The minimum Gasteiger partial charge on any atom is -0.398 e. The van der Waals surface area contributed by atoms with Crippen molar-refractivity contribution in [1.29, 1.82) is 0 Å². The second-order valence-electron chi connectivity index (χ2n) is 5.01. The molecule has 0 unspecified atom stereocenters. The molecule has 0 radical (unpaired) electrons. The van der Waals surface area contributed by atoms with Crippen LogP contribution in [0.4, 0.5) is 18.9 Å². The molecule has 2 N–H and O–H groups in total. The quantitative estimate of drug-likeness (QED) is 0.591. The van der Waals surface area contributed by atoms with E-state index < -0.39 is 17.5 Å². The number of rotatable bonds is 3. The normalized spacial score (nSPS) is 11.5. The van der Waals surface area contributed by atoms with Crippen LogP contribution in [0.15, 0.2) is 54.7 Å². The maximum absolute atomic E-state index is 12.8. The first kappa shape index (κ1) is 15.7. The van der Waals surface area contributed by atoms with E-state index in [4.69, 9.17) is 5.73 Å². The van der Waals surface area contributed by atoms with Gasteiger partial charge in [0.2, 0.25) is 5.78 Å². The topological polar surface area (TPSA) is 73.8 Å². The lowest BCUT2D eigenvalue weighted by Gasteiger charge is -2.08. The van der Waals surface area contributed by atoms with Gasteiger partial charge < -0.3 is 5.73 Å². The van der Waals surface area contributed by atoms with Crippen LogP contribution in [0.3, 0.4) is 0 Å². The molecule has 122 valence electrons. The van der Waals surface area contributed by atoms with E-state index in [1.807, 2.05) is 0 Å². The molecule has 0 saturated heterocycles. The summed E-state index contributed by atoms with van der Waals surface area (Å²) >= 11 is 0. The van der Waals surface area contributed by atoms with Gasteiger partial charge >= 0.3 is 6.18 Å². The van der Waals surface area contributed by atoms with Crippen LogP contribution in [0, 0.1) is 0 Å². The minimum atomic E-state index is -4.46. The average molecular weight is 332 g/mol. The molecule has 5 nitrogen and oxygen atoms in total. The molecule has 1 aromatic heterocycles. The molecule has 1 heterocycles. The van der Waals surface area contributed by atoms with Crippen LogP contribution in [0.25, 0.3) is 5.69 Å². The molecule has 8 heteroatoms. The summed E-state index contributed by atoms with van der Waals surface area (Å²) in [7, 11) is 0. The largest absolute Gasteiger partial charge is 0.416 e. The Bertz CT molecular complexity index is 902. The highest BCUT2D eigenvalue weighted by Crippen LogP contribution is 2.30. The van der Waals surface area contributed by atoms with E-state index in [2.05, 4.69) is 10.3 Å². The lowest BCUT2D eigenvalue weighted by atomic mass is 10.1. The molecular weight excluding hydrogens is 321 g/mol. The SMILES string of the molecule is Nc1ccccc1C(=O)c1cn(-c2cccc(C(F)(F)F)c2)nn1. The first-order valence-electron chi connectivity index (χ1n) is 6.85. The summed E-state index contributed by atoms with van der Waals surface area (Å²) in [6.45, 7) is 0. The molecule has 0 aliphatic carbocycles. The van der Waals surface area contributed by atoms with Crippen molar-refractivity contribution in [3.05, 3.63) is 71.5 Å². The van der Waals surface area contributed by atoms with Gasteiger partial charge in [-0.1, -0.05) is 23.4 Å². The number of anilines is 1. The van der Waals surface area contributed by atoms with Gasteiger partial charge in [0.1, 0.15) is 0 Å². The summed E-state index contributed by atoms with van der Waals surface area (Å²) in [6.07, 6.45) is -3.20. The fourth-order valence-corrected chi connectivity index (χ4v) is 2.16. The van der Waals surface area contributed by atoms with Crippen molar-refractivity contribution in [3.63, 3.8) is 0 Å². The number of ketones is 1. The number of hydrogen-bond donors (Lipinski definition) is 1. The maximum atomic E-state index is 12.8. The van der Waals surface area contributed by atoms with Crippen molar-refractivity contribution >= 4 is 11.5 Å². The number of benzene rings is 2. The maximum Gasteiger partial charge on any atom is 0.416 e. The summed E-state index contributed by atoms with van der Waals surface area (Å²) in [6, 6.07) is 11.0. The lowest BCUT2D eigenvalue weighted by molar-refractivity contribution is -0.137. The molecule has 0 bridgehead atoms. The van der Waals surface area contributed by atoms with Crippen LogP contribution in [0.5, 0.6) is 0 Å². The Morgan fingerprint density at radius 1 is 1.08 bits per heavy atom. The molecule has 0 saturated carbocycles. The predicted molar refractivity (Wildman–Crippen MR) is 80.6 cm³/mol. The number of aromatic nitrogens is 3. The summed E-state index contributed by atoms with van der Waals surface area (Å²) < 4.78 is 39.4. The van der Waals surface area contributed by atoms with Gasteiger partial charge in [-0.05, 0) is 30.3 Å². The molecule has 0 spiro atoms. The summed E-state index contributed by atoms with van der Waals surface area (Å²) in [5.74, 6) is -0.452. The van der Waals surface area contributed by atoms with Crippen LogP contribution >= 0.6 is 0 Å². The molecule has 3 rings (SSSR count). The van der Waals surface area contributed by atoms with Gasteiger partial charge in [-0.15, -0.1) is 5.10 Å². The Morgan fingerprint density at radius 2 is 1.83 bits per heavy atom. The van der Waals surface area contributed by atoms with Crippen LogP contribution in [-0.2, 0) is 6.18 Å². The molecular formula is C16H11F3N4O. The van der Waals surface area contributed by atoms with Gasteiger partial charge in [0, 0.05) is 11.3 Å². The van der Waals surface area contributed by atoms with Gasteiger partial charge in [0.25, 0.3) is 0 Å². The van der Waals surface area contributed by atoms with Crippen LogP contribution in [0.2, 0.25) is 0 Å². The monoisotopic (exact) mass is 332 g/mol. The van der Waals surface area contributed by atoms with Crippen molar-refractivity contribution in [2.75, 3.05) is 5.73 Å². The van der Waals surface area contributed by atoms with Gasteiger partial charge in [-0.3, -0.25) is 4.79 Å². The second-order valence-corrected chi connectivity index (χ2v) is 5.01. The van der Waals surface area contributed by atoms with Crippen molar-refractivity contribution in [1.82, 2.24) is 15.0 Å². The van der Waals surface area contributed by atoms with E-state index in [-0.39, 0.29) is 22.6 Å². The number of carbonyl (C=O) groups excluding carboxylic acids is 1. The summed E-state index contributed by atoms with van der Waals surface area (Å²) in [5, 5.41) is 7.45. The van der Waals surface area contributed by atoms with Crippen molar-refractivity contribution in [3.8, 4) is 5.69 Å². The Kier molecular flexibility index (Phi) is 3.80. The number of halogens is 3. The minimum absolute atomic E-state index is 0.00897. The molecule has 0 aliphatic rings. The van der Waals surface area contributed by atoms with E-state index in [9.17, 15) is 18.0 Å². The molecule has 3 aromatic rings. The highest BCUT2D eigenvalue weighted by atomic mass is 19.4. The molecule has 0 atom stereocenters. The van der Waals surface area contributed by atoms with Crippen molar-refractivity contribution in [2.24, 2.45) is 0 Å². The molecule has 0 amide bonds. The third-order valence-electron chi connectivity index (χ3n) is 3.37. The zero-order valence-electron chi connectivity index (χ0n) is 12.2. The number of nitrogens with two attached hydrogens (primary N) is 1. The molecule has 24 heavy (non-hydrogen) atoms. The zero-order valence-corrected chi connectivity index (χ0v) is 12.2. The number of alkyl halides is 3. The summed E-state index contributed by atoms with van der Waals surface area (Å²) in [5.41, 5.74) is 5.62.